The van der Waals surface area contributed by atoms with Crippen molar-refractivity contribution < 1.29 is 5.11 Å². The average molecular weight is 194 g/mol. The van der Waals surface area contributed by atoms with Gasteiger partial charge in [-0.15, -0.1) is 11.5 Å². The molecule has 0 aromatic carbocycles. The molecule has 0 radical (unpaired) electrons. The molecule has 0 amide bonds. The van der Waals surface area contributed by atoms with Crippen molar-refractivity contribution in [3.8, 4) is 11.5 Å². The summed E-state index contributed by atoms with van der Waals surface area (Å²) in [6, 6.07) is 0. The van der Waals surface area contributed by atoms with Gasteiger partial charge in [-0.25, -0.2) is 0 Å². The van der Waals surface area contributed by atoms with Gasteiger partial charge in [-0.1, -0.05) is 31.8 Å². The van der Waals surface area contributed by atoms with E-state index in [-0.39, 0.29) is 6.10 Å². The molecule has 0 saturated carbocycles. The Morgan fingerprint density at radius 2 is 2.08 bits per heavy atom. The molecule has 0 spiro atoms. The maximum Gasteiger partial charge on any atom is 0.129 e. The fourth-order valence-electron chi connectivity index (χ4n) is 1.35. The first kappa shape index (κ1) is 10.6. The minimum Gasteiger partial charge on any atom is -0.389 e. The standard InChI is InChI=1S/C11H18OSi/c1-13(2,3)8-4-5-10-6-7-11(12)9-10/h6-7,10-12H,5,9H2,1-3H3/t10-,11-/m0/s1. The lowest BCUT2D eigenvalue weighted by atomic mass is 10.1. The predicted octanol–water partition coefficient (Wildman–Crippen LogP) is 2.19. The van der Waals surface area contributed by atoms with Gasteiger partial charge in [0.15, 0.2) is 0 Å². The van der Waals surface area contributed by atoms with Gasteiger partial charge in [-0.3, -0.25) is 0 Å². The van der Waals surface area contributed by atoms with Gasteiger partial charge in [0.2, 0.25) is 0 Å². The largest absolute Gasteiger partial charge is 0.389 e. The second kappa shape index (κ2) is 4.12. The van der Waals surface area contributed by atoms with E-state index in [0.29, 0.717) is 5.92 Å². The van der Waals surface area contributed by atoms with E-state index < -0.39 is 8.07 Å². The number of allylic oxidation sites excluding steroid dienone is 1. The van der Waals surface area contributed by atoms with Gasteiger partial charge in [-0.05, 0) is 12.3 Å². The van der Waals surface area contributed by atoms with Crippen LogP contribution in [0.3, 0.4) is 0 Å². The Morgan fingerprint density at radius 1 is 1.38 bits per heavy atom. The summed E-state index contributed by atoms with van der Waals surface area (Å²) in [4.78, 5) is 0. The molecule has 1 aliphatic rings. The van der Waals surface area contributed by atoms with Gasteiger partial charge in [0.1, 0.15) is 8.07 Å². The third-order valence-corrected chi connectivity index (χ3v) is 2.90. The van der Waals surface area contributed by atoms with Crippen LogP contribution in [0.5, 0.6) is 0 Å². The summed E-state index contributed by atoms with van der Waals surface area (Å²) in [5.41, 5.74) is 3.34. The second-order valence-electron chi connectivity index (χ2n) is 4.70. The fraction of sp³-hybridized carbons (Fsp3) is 0.636. The van der Waals surface area contributed by atoms with E-state index in [4.69, 9.17) is 0 Å². The Labute approximate surface area is 81.9 Å². The minimum absolute atomic E-state index is 0.223. The summed E-state index contributed by atoms with van der Waals surface area (Å²) in [5, 5.41) is 9.23. The molecule has 0 fully saturated rings. The third kappa shape index (κ3) is 4.30. The van der Waals surface area contributed by atoms with Crippen LogP contribution >= 0.6 is 0 Å². The summed E-state index contributed by atoms with van der Waals surface area (Å²) in [7, 11) is -1.19. The monoisotopic (exact) mass is 194 g/mol. The van der Waals surface area contributed by atoms with E-state index in [1.165, 1.54) is 0 Å². The van der Waals surface area contributed by atoms with E-state index in [1.54, 1.807) is 0 Å². The minimum atomic E-state index is -1.19. The Bertz CT molecular complexity index is 251. The van der Waals surface area contributed by atoms with E-state index in [1.807, 2.05) is 6.08 Å². The zero-order valence-electron chi connectivity index (χ0n) is 8.67. The molecule has 72 valence electrons. The molecule has 2 heteroatoms. The van der Waals surface area contributed by atoms with Gasteiger partial charge in [0.05, 0.1) is 6.10 Å². The van der Waals surface area contributed by atoms with Crippen molar-refractivity contribution >= 4 is 8.07 Å². The van der Waals surface area contributed by atoms with Crippen LogP contribution in [0.4, 0.5) is 0 Å². The summed E-state index contributed by atoms with van der Waals surface area (Å²) in [5.74, 6) is 3.72. The van der Waals surface area contributed by atoms with Crippen LogP contribution in [0.25, 0.3) is 0 Å². The number of aliphatic hydroxyl groups excluding tert-OH is 1. The average Bonchev–Trinajstić information content (AvgIpc) is 2.33. The zero-order chi connectivity index (χ0) is 9.90. The number of hydrogen-bond acceptors (Lipinski definition) is 1. The lowest BCUT2D eigenvalue weighted by Crippen LogP contribution is -2.16. The fourth-order valence-corrected chi connectivity index (χ4v) is 1.98. The second-order valence-corrected chi connectivity index (χ2v) is 9.45. The lowest BCUT2D eigenvalue weighted by Gasteiger charge is -2.05. The van der Waals surface area contributed by atoms with Crippen LogP contribution in [0.2, 0.25) is 19.6 Å². The van der Waals surface area contributed by atoms with Gasteiger partial charge in [0, 0.05) is 6.42 Å². The third-order valence-electron chi connectivity index (χ3n) is 1.98. The molecule has 1 aliphatic carbocycles. The molecular weight excluding hydrogens is 176 g/mol. The summed E-state index contributed by atoms with van der Waals surface area (Å²) in [6.07, 6.45) is 5.52. The summed E-state index contributed by atoms with van der Waals surface area (Å²) < 4.78 is 0. The summed E-state index contributed by atoms with van der Waals surface area (Å²) >= 11 is 0. The quantitative estimate of drug-likeness (QED) is 0.385. The Kier molecular flexibility index (Phi) is 3.35. The molecule has 0 saturated heterocycles. The molecule has 1 N–H and O–H groups in total. The van der Waals surface area contributed by atoms with Crippen LogP contribution in [-0.2, 0) is 0 Å². The Hall–Kier alpha value is -0.523. The number of hydrogen-bond donors (Lipinski definition) is 1. The smallest absolute Gasteiger partial charge is 0.129 e. The Balaban J connectivity index is 2.34. The Morgan fingerprint density at radius 3 is 2.54 bits per heavy atom. The molecule has 2 atom stereocenters. The molecule has 0 aromatic rings. The van der Waals surface area contributed by atoms with Gasteiger partial charge in [-0.2, -0.15) is 0 Å². The molecule has 1 nitrogen and oxygen atoms in total. The van der Waals surface area contributed by atoms with Crippen molar-refractivity contribution in [3.05, 3.63) is 12.2 Å². The first-order chi connectivity index (χ1) is 5.97. The predicted molar refractivity (Wildman–Crippen MR) is 59.0 cm³/mol. The first-order valence-electron chi connectivity index (χ1n) is 4.84. The van der Waals surface area contributed by atoms with Crippen molar-refractivity contribution in [1.82, 2.24) is 0 Å². The highest BCUT2D eigenvalue weighted by Gasteiger charge is 2.15. The number of rotatable bonds is 1. The highest BCUT2D eigenvalue weighted by Crippen LogP contribution is 2.20. The van der Waals surface area contributed by atoms with Crippen LogP contribution in [-0.4, -0.2) is 19.3 Å². The molecular formula is C11H18OSi. The maximum atomic E-state index is 9.23. The molecule has 0 heterocycles. The molecule has 0 aliphatic heterocycles. The SMILES string of the molecule is C[Si](C)(C)C#CC[C@H]1C=C[C@H](O)C1. The van der Waals surface area contributed by atoms with Crippen LogP contribution < -0.4 is 0 Å². The van der Waals surface area contributed by atoms with Crippen LogP contribution in [0.15, 0.2) is 12.2 Å². The summed E-state index contributed by atoms with van der Waals surface area (Å²) in [6.45, 7) is 6.75. The van der Waals surface area contributed by atoms with Gasteiger partial charge < -0.3 is 5.11 Å². The highest BCUT2D eigenvalue weighted by atomic mass is 28.3. The normalized spacial score (nSPS) is 27.1. The molecule has 13 heavy (non-hydrogen) atoms. The highest BCUT2D eigenvalue weighted by molar-refractivity contribution is 6.83. The van der Waals surface area contributed by atoms with E-state index in [0.717, 1.165) is 12.8 Å². The number of aliphatic hydroxyl groups is 1. The van der Waals surface area contributed by atoms with E-state index >= 15 is 0 Å². The maximum absolute atomic E-state index is 9.23. The zero-order valence-corrected chi connectivity index (χ0v) is 9.67. The van der Waals surface area contributed by atoms with E-state index in [2.05, 4.69) is 37.2 Å². The van der Waals surface area contributed by atoms with Crippen molar-refractivity contribution in [2.75, 3.05) is 0 Å². The van der Waals surface area contributed by atoms with Crippen molar-refractivity contribution in [2.45, 2.75) is 38.6 Å². The van der Waals surface area contributed by atoms with Crippen molar-refractivity contribution in [2.24, 2.45) is 5.92 Å². The molecule has 0 bridgehead atoms. The lowest BCUT2D eigenvalue weighted by molar-refractivity contribution is 0.211. The molecule has 1 rings (SSSR count). The first-order valence-corrected chi connectivity index (χ1v) is 8.34. The van der Waals surface area contributed by atoms with Gasteiger partial charge in [0.25, 0.3) is 0 Å². The van der Waals surface area contributed by atoms with Gasteiger partial charge >= 0.3 is 0 Å². The van der Waals surface area contributed by atoms with Crippen molar-refractivity contribution in [3.63, 3.8) is 0 Å². The van der Waals surface area contributed by atoms with Crippen LogP contribution in [0, 0.1) is 17.4 Å². The van der Waals surface area contributed by atoms with Crippen LogP contribution in [0.1, 0.15) is 12.8 Å². The topological polar surface area (TPSA) is 20.2 Å². The van der Waals surface area contributed by atoms with E-state index in [9.17, 15) is 5.11 Å². The molecule has 0 aromatic heterocycles. The molecule has 0 unspecified atom stereocenters. The van der Waals surface area contributed by atoms with Crippen molar-refractivity contribution in [1.29, 1.82) is 0 Å².